The quantitative estimate of drug-likeness (QED) is 0.497. The van der Waals surface area contributed by atoms with Crippen molar-refractivity contribution in [1.29, 1.82) is 0 Å². The maximum Gasteiger partial charge on any atom is -0.0323 e. The Morgan fingerprint density at radius 3 is 2.00 bits per heavy atom. The van der Waals surface area contributed by atoms with Crippen LogP contribution in [0.4, 0.5) is 0 Å². The molecule has 0 aromatic rings. The van der Waals surface area contributed by atoms with Gasteiger partial charge in [0, 0.05) is 0 Å². The second-order valence-corrected chi connectivity index (χ2v) is 7.06. The minimum absolute atomic E-state index is 0.531. The van der Waals surface area contributed by atoms with Gasteiger partial charge in [0.15, 0.2) is 0 Å². The van der Waals surface area contributed by atoms with Crippen molar-refractivity contribution < 1.29 is 0 Å². The summed E-state index contributed by atoms with van der Waals surface area (Å²) < 4.78 is 0. The summed E-state index contributed by atoms with van der Waals surface area (Å²) in [4.78, 5) is 0. The zero-order chi connectivity index (χ0) is 12.2. The van der Waals surface area contributed by atoms with Gasteiger partial charge in [-0.25, -0.2) is 0 Å². The molecule has 0 N–H and O–H groups in total. The third kappa shape index (κ3) is 4.11. The molecule has 1 aliphatic carbocycles. The highest BCUT2D eigenvalue weighted by Crippen LogP contribution is 2.41. The minimum Gasteiger partial charge on any atom is -0.0625 e. The Labute approximate surface area is 103 Å². The predicted octanol–water partition coefficient (Wildman–Crippen LogP) is 5.67. The van der Waals surface area contributed by atoms with Gasteiger partial charge in [0.05, 0.1) is 0 Å². The normalized spacial score (nSPS) is 37.7. The molecule has 0 saturated heterocycles. The molecule has 0 radical (unpaired) electrons. The molecule has 0 nitrogen and oxygen atoms in total. The smallest absolute Gasteiger partial charge is 0.0323 e. The van der Waals surface area contributed by atoms with E-state index in [0.717, 1.165) is 17.8 Å². The van der Waals surface area contributed by atoms with Crippen LogP contribution >= 0.6 is 0 Å². The van der Waals surface area contributed by atoms with Gasteiger partial charge in [-0.15, -0.1) is 0 Å². The van der Waals surface area contributed by atoms with E-state index >= 15 is 0 Å². The maximum atomic E-state index is 2.49. The predicted molar refractivity (Wildman–Crippen MR) is 73.6 cm³/mol. The molecule has 0 heterocycles. The van der Waals surface area contributed by atoms with Gasteiger partial charge < -0.3 is 0 Å². The van der Waals surface area contributed by atoms with E-state index in [-0.39, 0.29) is 0 Å². The third-order valence-corrected chi connectivity index (χ3v) is 5.07. The lowest BCUT2D eigenvalue weighted by Crippen LogP contribution is -2.29. The molecule has 0 aromatic heterocycles. The Balaban J connectivity index is 2.66. The molecule has 1 rings (SSSR count). The summed E-state index contributed by atoms with van der Waals surface area (Å²) in [6, 6.07) is 0. The SMILES string of the molecule is CC1CCCCCCC(C)C(C)C(C)(C)C1. The van der Waals surface area contributed by atoms with E-state index in [1.165, 1.54) is 44.9 Å². The summed E-state index contributed by atoms with van der Waals surface area (Å²) in [5, 5.41) is 0. The second kappa shape index (κ2) is 6.07. The van der Waals surface area contributed by atoms with Crippen LogP contribution in [-0.4, -0.2) is 0 Å². The molecular weight excluding hydrogens is 192 g/mol. The van der Waals surface area contributed by atoms with E-state index < -0.39 is 0 Å². The van der Waals surface area contributed by atoms with Gasteiger partial charge in [-0.3, -0.25) is 0 Å². The Kier molecular flexibility index (Phi) is 5.34. The van der Waals surface area contributed by atoms with E-state index in [4.69, 9.17) is 0 Å². The first-order chi connectivity index (χ1) is 7.43. The van der Waals surface area contributed by atoms with Crippen molar-refractivity contribution in [3.8, 4) is 0 Å². The largest absolute Gasteiger partial charge is 0.0625 e. The summed E-state index contributed by atoms with van der Waals surface area (Å²) >= 11 is 0. The van der Waals surface area contributed by atoms with Gasteiger partial charge in [-0.1, -0.05) is 73.1 Å². The van der Waals surface area contributed by atoms with E-state index in [0.29, 0.717) is 5.41 Å². The molecule has 1 aliphatic rings. The van der Waals surface area contributed by atoms with E-state index in [9.17, 15) is 0 Å². The molecule has 3 unspecified atom stereocenters. The van der Waals surface area contributed by atoms with Gasteiger partial charge >= 0.3 is 0 Å². The van der Waals surface area contributed by atoms with Crippen molar-refractivity contribution in [2.75, 3.05) is 0 Å². The fourth-order valence-corrected chi connectivity index (χ4v) is 3.52. The van der Waals surface area contributed by atoms with Crippen LogP contribution in [0, 0.1) is 23.2 Å². The fourth-order valence-electron chi connectivity index (χ4n) is 3.52. The molecule has 0 amide bonds. The standard InChI is InChI=1S/C16H32/c1-13-10-8-6-7-9-11-14(2)15(3)16(4,5)12-13/h13-15H,6-12H2,1-5H3. The Bertz CT molecular complexity index is 192. The van der Waals surface area contributed by atoms with Gasteiger partial charge in [0.25, 0.3) is 0 Å². The minimum atomic E-state index is 0.531. The number of hydrogen-bond donors (Lipinski definition) is 0. The molecule has 1 fully saturated rings. The number of rotatable bonds is 0. The Morgan fingerprint density at radius 1 is 0.812 bits per heavy atom. The lowest BCUT2D eigenvalue weighted by molar-refractivity contribution is 0.124. The van der Waals surface area contributed by atoms with Crippen molar-refractivity contribution >= 4 is 0 Å². The summed E-state index contributed by atoms with van der Waals surface area (Å²) in [6.07, 6.45) is 10.1. The molecule has 0 spiro atoms. The zero-order valence-corrected chi connectivity index (χ0v) is 12.2. The first-order valence-electron chi connectivity index (χ1n) is 7.43. The van der Waals surface area contributed by atoms with Crippen molar-refractivity contribution in [2.45, 2.75) is 79.6 Å². The second-order valence-electron chi connectivity index (χ2n) is 7.06. The monoisotopic (exact) mass is 224 g/mol. The third-order valence-electron chi connectivity index (χ3n) is 5.07. The van der Waals surface area contributed by atoms with Crippen LogP contribution in [-0.2, 0) is 0 Å². The molecule has 0 aliphatic heterocycles. The Hall–Kier alpha value is 0. The zero-order valence-electron chi connectivity index (χ0n) is 12.2. The molecule has 16 heavy (non-hydrogen) atoms. The van der Waals surface area contributed by atoms with Crippen molar-refractivity contribution in [2.24, 2.45) is 23.2 Å². The van der Waals surface area contributed by atoms with Gasteiger partial charge in [0.1, 0.15) is 0 Å². The summed E-state index contributed by atoms with van der Waals surface area (Å²) in [6.45, 7) is 12.4. The van der Waals surface area contributed by atoms with Crippen molar-refractivity contribution in [1.82, 2.24) is 0 Å². The van der Waals surface area contributed by atoms with Crippen molar-refractivity contribution in [3.05, 3.63) is 0 Å². The molecule has 0 bridgehead atoms. The highest BCUT2D eigenvalue weighted by molar-refractivity contribution is 4.81. The van der Waals surface area contributed by atoms with Crippen LogP contribution < -0.4 is 0 Å². The lowest BCUT2D eigenvalue weighted by Gasteiger charge is -2.38. The van der Waals surface area contributed by atoms with E-state index in [1.807, 2.05) is 0 Å². The van der Waals surface area contributed by atoms with Crippen LogP contribution in [0.3, 0.4) is 0 Å². The number of hydrogen-bond acceptors (Lipinski definition) is 0. The highest BCUT2D eigenvalue weighted by atomic mass is 14.4. The van der Waals surface area contributed by atoms with Gasteiger partial charge in [-0.05, 0) is 29.6 Å². The van der Waals surface area contributed by atoms with Gasteiger partial charge in [-0.2, -0.15) is 0 Å². The van der Waals surface area contributed by atoms with Crippen LogP contribution in [0.15, 0.2) is 0 Å². The molecule has 3 atom stereocenters. The van der Waals surface area contributed by atoms with Crippen molar-refractivity contribution in [3.63, 3.8) is 0 Å². The average Bonchev–Trinajstić information content (AvgIpc) is 2.21. The summed E-state index contributed by atoms with van der Waals surface area (Å²) in [5.74, 6) is 2.69. The topological polar surface area (TPSA) is 0 Å². The van der Waals surface area contributed by atoms with E-state index in [1.54, 1.807) is 0 Å². The van der Waals surface area contributed by atoms with Crippen LogP contribution in [0.25, 0.3) is 0 Å². The molecule has 96 valence electrons. The lowest BCUT2D eigenvalue weighted by atomic mass is 9.68. The maximum absolute atomic E-state index is 2.49. The van der Waals surface area contributed by atoms with E-state index in [2.05, 4.69) is 34.6 Å². The summed E-state index contributed by atoms with van der Waals surface area (Å²) in [7, 11) is 0. The molecule has 0 aromatic carbocycles. The Morgan fingerprint density at radius 2 is 1.38 bits per heavy atom. The first kappa shape index (κ1) is 14.1. The average molecular weight is 224 g/mol. The van der Waals surface area contributed by atoms with Crippen LogP contribution in [0.2, 0.25) is 0 Å². The molecule has 0 heteroatoms. The molecule has 1 saturated carbocycles. The van der Waals surface area contributed by atoms with Crippen LogP contribution in [0.1, 0.15) is 79.6 Å². The van der Waals surface area contributed by atoms with Crippen LogP contribution in [0.5, 0.6) is 0 Å². The first-order valence-corrected chi connectivity index (χ1v) is 7.43. The van der Waals surface area contributed by atoms with Gasteiger partial charge in [0.2, 0.25) is 0 Å². The fraction of sp³-hybridized carbons (Fsp3) is 1.00. The molecular formula is C16H32. The summed E-state index contributed by atoms with van der Waals surface area (Å²) in [5.41, 5.74) is 0.531. The highest BCUT2D eigenvalue weighted by Gasteiger charge is 2.31.